The predicted octanol–water partition coefficient (Wildman–Crippen LogP) is 2.35. The lowest BCUT2D eigenvalue weighted by Gasteiger charge is -2.19. The number of nitro benzene ring substituents is 1. The van der Waals surface area contributed by atoms with Crippen LogP contribution in [0.5, 0.6) is 0 Å². The first kappa shape index (κ1) is 16.6. The van der Waals surface area contributed by atoms with Crippen LogP contribution in [0.25, 0.3) is 0 Å². The second-order valence-corrected chi connectivity index (χ2v) is 5.64. The Balaban J connectivity index is 1.80. The third-order valence-electron chi connectivity index (χ3n) is 3.96. The van der Waals surface area contributed by atoms with Crippen LogP contribution >= 0.6 is 0 Å². The molecule has 0 saturated carbocycles. The maximum Gasteiger partial charge on any atom is 0.272 e. The minimum absolute atomic E-state index is 0.0111. The lowest BCUT2D eigenvalue weighted by molar-refractivity contribution is -0.384. The van der Waals surface area contributed by atoms with Gasteiger partial charge in [-0.2, -0.15) is 5.10 Å². The largest absolute Gasteiger partial charge is 0.371 e. The molecule has 1 aromatic carbocycles. The van der Waals surface area contributed by atoms with Gasteiger partial charge in [-0.05, 0) is 31.0 Å². The number of rotatable bonds is 5. The summed E-state index contributed by atoms with van der Waals surface area (Å²) in [7, 11) is 0. The SMILES string of the molecule is O=C(NN=Cc1cc([N+](=O)[O-])ccc1N1CCCC1)c1cccnc1. The Morgan fingerprint density at radius 3 is 2.80 bits per heavy atom. The Labute approximate surface area is 144 Å². The lowest BCUT2D eigenvalue weighted by atomic mass is 10.1. The van der Waals surface area contributed by atoms with Crippen LogP contribution in [0.2, 0.25) is 0 Å². The highest BCUT2D eigenvalue weighted by atomic mass is 16.6. The molecule has 1 aliphatic rings. The molecular formula is C17H17N5O3. The Morgan fingerprint density at radius 2 is 2.12 bits per heavy atom. The quantitative estimate of drug-likeness (QED) is 0.512. The maximum absolute atomic E-state index is 12.0. The number of nitrogens with zero attached hydrogens (tertiary/aromatic N) is 4. The topological polar surface area (TPSA) is 101 Å². The van der Waals surface area contributed by atoms with Gasteiger partial charge in [-0.3, -0.25) is 19.9 Å². The number of aromatic nitrogens is 1. The third-order valence-corrected chi connectivity index (χ3v) is 3.96. The molecule has 1 saturated heterocycles. The summed E-state index contributed by atoms with van der Waals surface area (Å²) in [6.45, 7) is 1.81. The Morgan fingerprint density at radius 1 is 1.32 bits per heavy atom. The number of carbonyl (C=O) groups excluding carboxylic acids is 1. The molecule has 8 heteroatoms. The summed E-state index contributed by atoms with van der Waals surface area (Å²) in [5.41, 5.74) is 4.27. The first-order chi connectivity index (χ1) is 12.1. The third kappa shape index (κ3) is 3.97. The second-order valence-electron chi connectivity index (χ2n) is 5.64. The molecule has 0 radical (unpaired) electrons. The zero-order valence-electron chi connectivity index (χ0n) is 13.5. The highest BCUT2D eigenvalue weighted by molar-refractivity contribution is 5.95. The lowest BCUT2D eigenvalue weighted by Crippen LogP contribution is -2.20. The maximum atomic E-state index is 12.0. The summed E-state index contributed by atoms with van der Waals surface area (Å²) >= 11 is 0. The number of benzene rings is 1. The van der Waals surface area contributed by atoms with Crippen molar-refractivity contribution in [3.63, 3.8) is 0 Å². The molecule has 25 heavy (non-hydrogen) atoms. The van der Waals surface area contributed by atoms with Gasteiger partial charge < -0.3 is 4.90 Å². The first-order valence-electron chi connectivity index (χ1n) is 7.92. The fourth-order valence-electron chi connectivity index (χ4n) is 2.73. The monoisotopic (exact) mass is 339 g/mol. The molecule has 0 aliphatic carbocycles. The van der Waals surface area contributed by atoms with Crippen LogP contribution in [-0.4, -0.2) is 35.1 Å². The Bertz CT molecular complexity index is 801. The number of anilines is 1. The van der Waals surface area contributed by atoms with Crippen LogP contribution in [-0.2, 0) is 0 Å². The van der Waals surface area contributed by atoms with Gasteiger partial charge in [0.2, 0.25) is 0 Å². The number of nitrogens with one attached hydrogen (secondary N) is 1. The molecule has 3 rings (SSSR count). The van der Waals surface area contributed by atoms with E-state index >= 15 is 0 Å². The molecule has 1 aliphatic heterocycles. The summed E-state index contributed by atoms with van der Waals surface area (Å²) in [5.74, 6) is -0.391. The van der Waals surface area contributed by atoms with Gasteiger partial charge in [0.1, 0.15) is 0 Å². The number of hydrogen-bond acceptors (Lipinski definition) is 6. The van der Waals surface area contributed by atoms with E-state index in [0.29, 0.717) is 11.1 Å². The molecule has 0 spiro atoms. The van der Waals surface area contributed by atoms with Gasteiger partial charge in [-0.25, -0.2) is 5.43 Å². The standard InChI is InChI=1S/C17H17N5O3/c23-17(13-4-3-7-18-11-13)20-19-12-14-10-15(22(24)25)5-6-16(14)21-8-1-2-9-21/h3-7,10-12H,1-2,8-9H2,(H,20,23). The summed E-state index contributed by atoms with van der Waals surface area (Å²) in [6, 6.07) is 7.96. The molecule has 8 nitrogen and oxygen atoms in total. The van der Waals surface area contributed by atoms with Gasteiger partial charge in [-0.15, -0.1) is 0 Å². The average molecular weight is 339 g/mol. The summed E-state index contributed by atoms with van der Waals surface area (Å²) in [6.07, 6.45) is 6.63. The van der Waals surface area contributed by atoms with Gasteiger partial charge in [0, 0.05) is 48.9 Å². The molecule has 1 N–H and O–H groups in total. The minimum Gasteiger partial charge on any atom is -0.371 e. The first-order valence-corrected chi connectivity index (χ1v) is 7.92. The number of amides is 1. The number of hydrazone groups is 1. The highest BCUT2D eigenvalue weighted by Gasteiger charge is 2.18. The van der Waals surface area contributed by atoms with Gasteiger partial charge in [0.05, 0.1) is 16.7 Å². The van der Waals surface area contributed by atoms with E-state index in [1.165, 1.54) is 24.5 Å². The fourth-order valence-corrected chi connectivity index (χ4v) is 2.73. The van der Waals surface area contributed by atoms with Crippen molar-refractivity contribution in [2.24, 2.45) is 5.10 Å². The fraction of sp³-hybridized carbons (Fsp3) is 0.235. The van der Waals surface area contributed by atoms with Crippen molar-refractivity contribution in [1.29, 1.82) is 0 Å². The molecule has 2 aromatic rings. The predicted molar refractivity (Wildman–Crippen MR) is 93.8 cm³/mol. The van der Waals surface area contributed by atoms with Gasteiger partial charge in [0.25, 0.3) is 11.6 Å². The molecule has 1 aromatic heterocycles. The summed E-state index contributed by atoms with van der Waals surface area (Å²) in [4.78, 5) is 28.6. The molecule has 0 bridgehead atoms. The number of nitro groups is 1. The van der Waals surface area contributed by atoms with Crippen LogP contribution in [0.4, 0.5) is 11.4 Å². The normalized spacial score (nSPS) is 14.0. The molecule has 2 heterocycles. The van der Waals surface area contributed by atoms with Crippen LogP contribution in [0.15, 0.2) is 47.8 Å². The molecule has 128 valence electrons. The average Bonchev–Trinajstić information content (AvgIpc) is 3.16. The van der Waals surface area contributed by atoms with Crippen molar-refractivity contribution in [3.05, 3.63) is 64.0 Å². The van der Waals surface area contributed by atoms with E-state index in [4.69, 9.17) is 0 Å². The highest BCUT2D eigenvalue weighted by Crippen LogP contribution is 2.27. The van der Waals surface area contributed by atoms with Gasteiger partial charge in [-0.1, -0.05) is 0 Å². The van der Waals surface area contributed by atoms with E-state index in [-0.39, 0.29) is 5.69 Å². The Hall–Kier alpha value is -3.29. The minimum atomic E-state index is -0.445. The zero-order valence-corrected chi connectivity index (χ0v) is 13.5. The van der Waals surface area contributed by atoms with Crippen molar-refractivity contribution in [3.8, 4) is 0 Å². The van der Waals surface area contributed by atoms with E-state index in [9.17, 15) is 14.9 Å². The summed E-state index contributed by atoms with van der Waals surface area (Å²) < 4.78 is 0. The molecule has 1 fully saturated rings. The zero-order chi connectivity index (χ0) is 17.6. The van der Waals surface area contributed by atoms with Crippen LogP contribution < -0.4 is 10.3 Å². The molecular weight excluding hydrogens is 322 g/mol. The van der Waals surface area contributed by atoms with Crippen LogP contribution in [0.1, 0.15) is 28.8 Å². The number of non-ortho nitro benzene ring substituents is 1. The van der Waals surface area contributed by atoms with Crippen molar-refractivity contribution in [2.75, 3.05) is 18.0 Å². The van der Waals surface area contributed by atoms with Crippen molar-refractivity contribution in [1.82, 2.24) is 10.4 Å². The van der Waals surface area contributed by atoms with Gasteiger partial charge in [0.15, 0.2) is 0 Å². The van der Waals surface area contributed by atoms with E-state index < -0.39 is 10.8 Å². The number of pyridine rings is 1. The number of carbonyl (C=O) groups is 1. The molecule has 0 atom stereocenters. The van der Waals surface area contributed by atoms with Crippen molar-refractivity contribution >= 4 is 23.5 Å². The molecule has 0 unspecified atom stereocenters. The smallest absolute Gasteiger partial charge is 0.272 e. The van der Waals surface area contributed by atoms with Crippen molar-refractivity contribution in [2.45, 2.75) is 12.8 Å². The Kier molecular flexibility index (Phi) is 4.98. The second kappa shape index (κ2) is 7.52. The van der Waals surface area contributed by atoms with Crippen LogP contribution in [0.3, 0.4) is 0 Å². The van der Waals surface area contributed by atoms with Crippen LogP contribution in [0, 0.1) is 10.1 Å². The van der Waals surface area contributed by atoms with E-state index in [0.717, 1.165) is 31.6 Å². The summed E-state index contributed by atoms with van der Waals surface area (Å²) in [5, 5.41) is 15.0. The number of hydrogen-bond donors (Lipinski definition) is 1. The van der Waals surface area contributed by atoms with E-state index in [1.54, 1.807) is 24.4 Å². The van der Waals surface area contributed by atoms with Gasteiger partial charge >= 0.3 is 0 Å². The van der Waals surface area contributed by atoms with E-state index in [2.05, 4.69) is 20.4 Å². The van der Waals surface area contributed by atoms with E-state index in [1.807, 2.05) is 0 Å². The van der Waals surface area contributed by atoms with Crippen molar-refractivity contribution < 1.29 is 9.72 Å². The molecule has 1 amide bonds.